The van der Waals surface area contributed by atoms with Gasteiger partial charge in [0.1, 0.15) is 17.2 Å². The van der Waals surface area contributed by atoms with E-state index in [4.69, 9.17) is 20.4 Å². The van der Waals surface area contributed by atoms with Crippen molar-refractivity contribution >= 4 is 22.7 Å². The van der Waals surface area contributed by atoms with E-state index < -0.39 is 0 Å². The molecule has 188 valence electrons. The summed E-state index contributed by atoms with van der Waals surface area (Å²) in [5, 5.41) is 3.14. The van der Waals surface area contributed by atoms with E-state index in [-0.39, 0.29) is 17.9 Å². The average Bonchev–Trinajstić information content (AvgIpc) is 3.39. The smallest absolute Gasteiger partial charge is 0.324 e. The number of benzene rings is 1. The number of imidazole rings is 1. The summed E-state index contributed by atoms with van der Waals surface area (Å²) in [5.41, 5.74) is 12.3. The van der Waals surface area contributed by atoms with E-state index >= 15 is 0 Å². The van der Waals surface area contributed by atoms with Crippen molar-refractivity contribution < 1.29 is 9.13 Å². The molecule has 3 aromatic heterocycles. The Balaban J connectivity index is 1.21. The SMILES string of the molecule is CNc1cc(F)cc2c1Cc1nc(Oc3cnc4c(c3)ncn4C3CC3)nc(N3CC4C[C@@H](N)C4C3)c1-2. The van der Waals surface area contributed by atoms with Crippen LogP contribution in [0.2, 0.25) is 0 Å². The lowest BCUT2D eigenvalue weighted by molar-refractivity contribution is 0.194. The third-order valence-corrected chi connectivity index (χ3v) is 8.50. The first kappa shape index (κ1) is 21.3. The third-order valence-electron chi connectivity index (χ3n) is 8.50. The quantitative estimate of drug-likeness (QED) is 0.376. The number of hydrogen-bond acceptors (Lipinski definition) is 8. The molecule has 3 aliphatic carbocycles. The van der Waals surface area contributed by atoms with Gasteiger partial charge in [0.25, 0.3) is 0 Å². The summed E-state index contributed by atoms with van der Waals surface area (Å²) < 4.78 is 22.9. The molecule has 4 aromatic rings. The van der Waals surface area contributed by atoms with Crippen LogP contribution < -0.4 is 20.7 Å². The summed E-state index contributed by atoms with van der Waals surface area (Å²) in [6.07, 6.45) is 7.51. The van der Waals surface area contributed by atoms with Gasteiger partial charge in [-0.05, 0) is 54.4 Å². The molecule has 0 radical (unpaired) electrons. The number of nitrogens with zero attached hydrogens (tertiary/aromatic N) is 6. The lowest BCUT2D eigenvalue weighted by Crippen LogP contribution is -2.46. The number of fused-ring (bicyclic) bond motifs is 5. The van der Waals surface area contributed by atoms with Crippen LogP contribution in [0.3, 0.4) is 0 Å². The van der Waals surface area contributed by atoms with Crippen LogP contribution in [-0.4, -0.2) is 50.7 Å². The Morgan fingerprint density at radius 3 is 2.81 bits per heavy atom. The van der Waals surface area contributed by atoms with Crippen LogP contribution in [-0.2, 0) is 6.42 Å². The lowest BCUT2D eigenvalue weighted by Gasteiger charge is -2.36. The molecule has 1 aromatic carbocycles. The fourth-order valence-corrected chi connectivity index (χ4v) is 6.40. The summed E-state index contributed by atoms with van der Waals surface area (Å²) in [4.78, 5) is 21.1. The molecule has 0 spiro atoms. The molecule has 3 fully saturated rings. The van der Waals surface area contributed by atoms with Crippen molar-refractivity contribution in [1.29, 1.82) is 0 Å². The van der Waals surface area contributed by atoms with Crippen molar-refractivity contribution in [2.75, 3.05) is 30.4 Å². The lowest BCUT2D eigenvalue weighted by atomic mass is 9.72. The number of hydrogen-bond donors (Lipinski definition) is 2. The van der Waals surface area contributed by atoms with E-state index in [2.05, 4.69) is 24.8 Å². The van der Waals surface area contributed by atoms with Gasteiger partial charge in [0.05, 0.1) is 18.2 Å². The Morgan fingerprint density at radius 1 is 1.14 bits per heavy atom. The fraction of sp³-hybridized carbons (Fsp3) is 0.407. The highest BCUT2D eigenvalue weighted by Crippen LogP contribution is 2.48. The van der Waals surface area contributed by atoms with E-state index in [1.54, 1.807) is 12.3 Å². The Morgan fingerprint density at radius 2 is 2.03 bits per heavy atom. The van der Waals surface area contributed by atoms with E-state index in [0.717, 1.165) is 64.6 Å². The van der Waals surface area contributed by atoms with Gasteiger partial charge in [-0.3, -0.25) is 0 Å². The maximum Gasteiger partial charge on any atom is 0.324 e. The number of pyridine rings is 1. The molecule has 0 amide bonds. The highest BCUT2D eigenvalue weighted by molar-refractivity contribution is 5.88. The van der Waals surface area contributed by atoms with Crippen LogP contribution in [0.5, 0.6) is 11.8 Å². The standard InChI is InChI=1S/C27H27FN8O/c1-30-21-6-14(28)5-18-17(21)8-22-24(18)26(35-10-13-4-20(29)19(13)11-35)34-27(33-22)37-16-7-23-25(31-9-16)36(12-32-23)15-2-3-15/h5-7,9,12-13,15,19-20,30H,2-4,8,10-11,29H2,1H3/t13?,19?,20-/m1/s1. The maximum atomic E-state index is 14.6. The predicted octanol–water partition coefficient (Wildman–Crippen LogP) is 3.88. The minimum atomic E-state index is -0.282. The minimum Gasteiger partial charge on any atom is -0.423 e. The maximum absolute atomic E-state index is 14.6. The zero-order chi connectivity index (χ0) is 24.8. The van der Waals surface area contributed by atoms with Crippen molar-refractivity contribution in [3.63, 3.8) is 0 Å². The number of nitrogens with two attached hydrogens (primary N) is 1. The van der Waals surface area contributed by atoms with Crippen LogP contribution >= 0.6 is 0 Å². The second-order valence-corrected chi connectivity index (χ2v) is 10.8. The van der Waals surface area contributed by atoms with Gasteiger partial charge in [-0.25, -0.2) is 14.4 Å². The topological polar surface area (TPSA) is 107 Å². The molecule has 9 nitrogen and oxygen atoms in total. The zero-order valence-corrected chi connectivity index (χ0v) is 20.5. The van der Waals surface area contributed by atoms with Gasteiger partial charge >= 0.3 is 6.01 Å². The largest absolute Gasteiger partial charge is 0.423 e. The molecule has 8 rings (SSSR count). The Bertz CT molecular complexity index is 1580. The molecule has 2 saturated carbocycles. The first-order chi connectivity index (χ1) is 18.1. The van der Waals surface area contributed by atoms with Gasteiger partial charge in [0.15, 0.2) is 11.4 Å². The van der Waals surface area contributed by atoms with Crippen molar-refractivity contribution in [2.24, 2.45) is 17.6 Å². The Labute approximate surface area is 212 Å². The van der Waals surface area contributed by atoms with Crippen molar-refractivity contribution in [2.45, 2.75) is 37.8 Å². The van der Waals surface area contributed by atoms with Gasteiger partial charge in [0.2, 0.25) is 0 Å². The minimum absolute atomic E-state index is 0.231. The average molecular weight is 499 g/mol. The van der Waals surface area contributed by atoms with Crippen LogP contribution in [0.15, 0.2) is 30.7 Å². The summed E-state index contributed by atoms with van der Waals surface area (Å²) >= 11 is 0. The molecular formula is C27H27FN8O. The molecule has 4 heterocycles. The highest BCUT2D eigenvalue weighted by atomic mass is 19.1. The zero-order valence-electron chi connectivity index (χ0n) is 20.5. The normalized spacial score (nSPS) is 23.5. The summed E-state index contributed by atoms with van der Waals surface area (Å²) in [6, 6.07) is 6.01. The number of rotatable bonds is 5. The monoisotopic (exact) mass is 498 g/mol. The van der Waals surface area contributed by atoms with Crippen LogP contribution in [0.25, 0.3) is 22.3 Å². The summed E-state index contributed by atoms with van der Waals surface area (Å²) in [6.45, 7) is 1.72. The molecule has 4 aliphatic rings. The summed E-state index contributed by atoms with van der Waals surface area (Å²) in [7, 11) is 1.81. The highest BCUT2D eigenvalue weighted by Gasteiger charge is 2.46. The molecular weight excluding hydrogens is 471 g/mol. The number of halogens is 1. The molecule has 10 heteroatoms. The molecule has 2 unspecified atom stereocenters. The van der Waals surface area contributed by atoms with Crippen LogP contribution in [0.4, 0.5) is 15.9 Å². The number of ether oxygens (including phenoxy) is 1. The van der Waals surface area contributed by atoms with E-state index in [1.165, 1.54) is 18.9 Å². The van der Waals surface area contributed by atoms with Crippen LogP contribution in [0, 0.1) is 17.7 Å². The second-order valence-electron chi connectivity index (χ2n) is 10.8. The number of anilines is 2. The summed E-state index contributed by atoms with van der Waals surface area (Å²) in [5.74, 6) is 2.08. The second kappa shape index (κ2) is 7.61. The molecule has 3 N–H and O–H groups in total. The molecule has 1 saturated heterocycles. The Kier molecular flexibility index (Phi) is 4.38. The van der Waals surface area contributed by atoms with Gasteiger partial charge < -0.3 is 25.3 Å². The van der Waals surface area contributed by atoms with E-state index in [0.29, 0.717) is 30.0 Å². The first-order valence-corrected chi connectivity index (χ1v) is 13.0. The van der Waals surface area contributed by atoms with Crippen LogP contribution in [0.1, 0.15) is 36.6 Å². The number of aromatic nitrogens is 5. The van der Waals surface area contributed by atoms with E-state index in [1.807, 2.05) is 19.4 Å². The van der Waals surface area contributed by atoms with Gasteiger partial charge in [0, 0.05) is 56.0 Å². The predicted molar refractivity (Wildman–Crippen MR) is 137 cm³/mol. The van der Waals surface area contributed by atoms with E-state index in [9.17, 15) is 4.39 Å². The van der Waals surface area contributed by atoms with Crippen molar-refractivity contribution in [1.82, 2.24) is 24.5 Å². The molecule has 0 bridgehead atoms. The third kappa shape index (κ3) is 3.24. The fourth-order valence-electron chi connectivity index (χ4n) is 6.40. The Hall–Kier alpha value is -3.79. The number of nitrogens with one attached hydrogen (secondary N) is 1. The first-order valence-electron chi connectivity index (χ1n) is 13.0. The molecule has 3 atom stereocenters. The van der Waals surface area contributed by atoms with Gasteiger partial charge in [-0.2, -0.15) is 9.97 Å². The van der Waals surface area contributed by atoms with Crippen molar-refractivity contribution in [3.8, 4) is 22.9 Å². The van der Waals surface area contributed by atoms with Gasteiger partial charge in [-0.15, -0.1) is 0 Å². The molecule has 37 heavy (non-hydrogen) atoms. The van der Waals surface area contributed by atoms with Gasteiger partial charge in [-0.1, -0.05) is 0 Å². The molecule has 1 aliphatic heterocycles. The van der Waals surface area contributed by atoms with Crippen molar-refractivity contribution in [3.05, 3.63) is 47.8 Å².